The molecule has 1 aromatic heterocycles. The normalized spacial score (nSPS) is 25.4. The molecule has 0 radical (unpaired) electrons. The van der Waals surface area contributed by atoms with Crippen molar-refractivity contribution in [3.8, 4) is 0 Å². The van der Waals surface area contributed by atoms with Gasteiger partial charge in [0.1, 0.15) is 0 Å². The maximum Gasteiger partial charge on any atom is 0.260 e. The standard InChI is InChI=1S/C17H28N4O3S/c1-4-10-21-15(6-9-18-21)25(23,24)19-12-8-17(13-19)7-5-11-20(14(2)3)16(17)22/h6,9,14H,4-5,7-8,10-13H2,1-3H3/t17-/m0/s1. The number of aryl methyl sites for hydroxylation is 1. The summed E-state index contributed by atoms with van der Waals surface area (Å²) in [7, 11) is -3.62. The van der Waals surface area contributed by atoms with Crippen molar-refractivity contribution in [1.29, 1.82) is 0 Å². The largest absolute Gasteiger partial charge is 0.340 e. The van der Waals surface area contributed by atoms with Gasteiger partial charge in [-0.15, -0.1) is 0 Å². The molecular formula is C17H28N4O3S. The van der Waals surface area contributed by atoms with E-state index in [1.165, 1.54) is 10.5 Å². The van der Waals surface area contributed by atoms with Gasteiger partial charge in [0.2, 0.25) is 5.91 Å². The number of rotatable bonds is 5. The van der Waals surface area contributed by atoms with E-state index < -0.39 is 15.4 Å². The molecule has 0 aliphatic carbocycles. The van der Waals surface area contributed by atoms with E-state index in [4.69, 9.17) is 0 Å². The van der Waals surface area contributed by atoms with Crippen LogP contribution >= 0.6 is 0 Å². The van der Waals surface area contributed by atoms with Gasteiger partial charge < -0.3 is 4.90 Å². The molecular weight excluding hydrogens is 340 g/mol. The Bertz CT molecular complexity index is 743. The number of amides is 1. The van der Waals surface area contributed by atoms with Gasteiger partial charge in [0, 0.05) is 32.2 Å². The number of hydrogen-bond donors (Lipinski definition) is 0. The zero-order chi connectivity index (χ0) is 18.2. The van der Waals surface area contributed by atoms with Gasteiger partial charge in [0.25, 0.3) is 10.0 Å². The van der Waals surface area contributed by atoms with E-state index in [1.807, 2.05) is 25.7 Å². The molecule has 0 bridgehead atoms. The second kappa shape index (κ2) is 6.72. The number of hydrogen-bond acceptors (Lipinski definition) is 4. The molecule has 1 atom stereocenters. The van der Waals surface area contributed by atoms with Crippen LogP contribution in [-0.4, -0.2) is 59.0 Å². The van der Waals surface area contributed by atoms with Crippen molar-refractivity contribution in [2.75, 3.05) is 19.6 Å². The predicted molar refractivity (Wildman–Crippen MR) is 94.4 cm³/mol. The molecule has 1 amide bonds. The summed E-state index contributed by atoms with van der Waals surface area (Å²) in [6.45, 7) is 8.05. The highest BCUT2D eigenvalue weighted by Crippen LogP contribution is 2.42. The Kier molecular flexibility index (Phi) is 4.94. The van der Waals surface area contributed by atoms with E-state index >= 15 is 0 Å². The summed E-state index contributed by atoms with van der Waals surface area (Å²) in [6.07, 6.45) is 4.66. The van der Waals surface area contributed by atoms with Gasteiger partial charge in [-0.25, -0.2) is 8.42 Å². The summed E-state index contributed by atoms with van der Waals surface area (Å²) in [5.41, 5.74) is -0.550. The number of aromatic nitrogens is 2. The van der Waals surface area contributed by atoms with E-state index in [9.17, 15) is 13.2 Å². The number of piperidine rings is 1. The minimum absolute atomic E-state index is 0.119. The maximum absolute atomic E-state index is 13.1. The van der Waals surface area contributed by atoms with Crippen LogP contribution in [0.2, 0.25) is 0 Å². The zero-order valence-corrected chi connectivity index (χ0v) is 16.1. The predicted octanol–water partition coefficient (Wildman–Crippen LogP) is 1.70. The van der Waals surface area contributed by atoms with Crippen LogP contribution in [0.1, 0.15) is 46.5 Å². The zero-order valence-electron chi connectivity index (χ0n) is 15.3. The SMILES string of the molecule is CCCn1nccc1S(=O)(=O)N1CC[C@@]2(CCCN(C(C)C)C2=O)C1. The molecule has 7 nitrogen and oxygen atoms in total. The lowest BCUT2D eigenvalue weighted by Crippen LogP contribution is -2.52. The molecule has 3 rings (SSSR count). The average Bonchev–Trinajstić information content (AvgIpc) is 3.19. The van der Waals surface area contributed by atoms with E-state index in [2.05, 4.69) is 5.10 Å². The molecule has 2 aliphatic rings. The minimum atomic E-state index is -3.62. The monoisotopic (exact) mass is 368 g/mol. The molecule has 2 saturated heterocycles. The van der Waals surface area contributed by atoms with Crippen LogP contribution in [-0.2, 0) is 21.4 Å². The molecule has 140 valence electrons. The second-order valence-electron chi connectivity index (χ2n) is 7.46. The topological polar surface area (TPSA) is 75.5 Å². The molecule has 8 heteroatoms. The van der Waals surface area contributed by atoms with Crippen molar-refractivity contribution < 1.29 is 13.2 Å². The van der Waals surface area contributed by atoms with Crippen LogP contribution in [0, 0.1) is 5.41 Å². The fourth-order valence-electron chi connectivity index (χ4n) is 4.06. The maximum atomic E-state index is 13.1. The van der Waals surface area contributed by atoms with Crippen molar-refractivity contribution >= 4 is 15.9 Å². The highest BCUT2D eigenvalue weighted by molar-refractivity contribution is 7.89. The van der Waals surface area contributed by atoms with Gasteiger partial charge in [-0.3, -0.25) is 9.48 Å². The molecule has 2 aliphatic heterocycles. The Labute approximate surface area is 150 Å². The Hall–Kier alpha value is -1.41. The van der Waals surface area contributed by atoms with Gasteiger partial charge in [-0.1, -0.05) is 6.92 Å². The fraction of sp³-hybridized carbons (Fsp3) is 0.765. The third-order valence-corrected chi connectivity index (χ3v) is 7.30. The Morgan fingerprint density at radius 1 is 1.28 bits per heavy atom. The molecule has 0 saturated carbocycles. The summed E-state index contributed by atoms with van der Waals surface area (Å²) in [5.74, 6) is 0.119. The van der Waals surface area contributed by atoms with Gasteiger partial charge >= 0.3 is 0 Å². The lowest BCUT2D eigenvalue weighted by Gasteiger charge is -2.41. The van der Waals surface area contributed by atoms with E-state index in [1.54, 1.807) is 10.7 Å². The summed E-state index contributed by atoms with van der Waals surface area (Å²) in [5, 5.41) is 4.37. The number of carbonyl (C=O) groups excluding carboxylic acids is 1. The van der Waals surface area contributed by atoms with Crippen molar-refractivity contribution in [2.45, 2.75) is 64.1 Å². The first-order valence-corrected chi connectivity index (χ1v) is 10.6. The summed E-state index contributed by atoms with van der Waals surface area (Å²) in [6, 6.07) is 1.71. The first kappa shape index (κ1) is 18.4. The van der Waals surface area contributed by atoms with Crippen LogP contribution in [0.15, 0.2) is 17.3 Å². The van der Waals surface area contributed by atoms with Gasteiger partial charge in [0.05, 0.1) is 11.6 Å². The van der Waals surface area contributed by atoms with Crippen molar-refractivity contribution in [3.63, 3.8) is 0 Å². The lowest BCUT2D eigenvalue weighted by atomic mass is 9.78. The second-order valence-corrected chi connectivity index (χ2v) is 9.34. The van der Waals surface area contributed by atoms with Crippen LogP contribution in [0.5, 0.6) is 0 Å². The molecule has 0 aromatic carbocycles. The van der Waals surface area contributed by atoms with Crippen molar-refractivity contribution in [3.05, 3.63) is 12.3 Å². The molecule has 0 unspecified atom stereocenters. The van der Waals surface area contributed by atoms with Crippen LogP contribution in [0.3, 0.4) is 0 Å². The number of carbonyl (C=O) groups is 1. The lowest BCUT2D eigenvalue weighted by molar-refractivity contribution is -0.147. The first-order chi connectivity index (χ1) is 11.8. The van der Waals surface area contributed by atoms with E-state index in [0.29, 0.717) is 19.5 Å². The van der Waals surface area contributed by atoms with Gasteiger partial charge in [-0.2, -0.15) is 9.40 Å². The summed E-state index contributed by atoms with van der Waals surface area (Å²) >= 11 is 0. The smallest absolute Gasteiger partial charge is 0.260 e. The molecule has 25 heavy (non-hydrogen) atoms. The minimum Gasteiger partial charge on any atom is -0.340 e. The van der Waals surface area contributed by atoms with Crippen LogP contribution in [0.4, 0.5) is 0 Å². The highest BCUT2D eigenvalue weighted by Gasteiger charge is 2.51. The molecule has 3 heterocycles. The van der Waals surface area contributed by atoms with Gasteiger partial charge in [-0.05, 0) is 45.6 Å². The fourth-order valence-corrected chi connectivity index (χ4v) is 5.71. The number of nitrogens with zero attached hydrogens (tertiary/aromatic N) is 4. The van der Waals surface area contributed by atoms with E-state index in [0.717, 1.165) is 25.8 Å². The van der Waals surface area contributed by atoms with E-state index in [-0.39, 0.29) is 23.5 Å². The quantitative estimate of drug-likeness (QED) is 0.793. The Morgan fingerprint density at radius 3 is 2.72 bits per heavy atom. The number of sulfonamides is 1. The van der Waals surface area contributed by atoms with Crippen molar-refractivity contribution in [2.24, 2.45) is 5.41 Å². The van der Waals surface area contributed by atoms with Crippen LogP contribution in [0.25, 0.3) is 0 Å². The number of likely N-dealkylation sites (tertiary alicyclic amines) is 1. The third-order valence-electron chi connectivity index (χ3n) is 5.43. The first-order valence-electron chi connectivity index (χ1n) is 9.15. The third kappa shape index (κ3) is 3.10. The Morgan fingerprint density at radius 2 is 2.04 bits per heavy atom. The average molecular weight is 369 g/mol. The molecule has 2 fully saturated rings. The van der Waals surface area contributed by atoms with Gasteiger partial charge in [0.15, 0.2) is 5.03 Å². The summed E-state index contributed by atoms with van der Waals surface area (Å²) in [4.78, 5) is 14.9. The molecule has 0 N–H and O–H groups in total. The molecule has 1 aromatic rings. The molecule has 1 spiro atoms. The highest BCUT2D eigenvalue weighted by atomic mass is 32.2. The Balaban J connectivity index is 1.84. The summed E-state index contributed by atoms with van der Waals surface area (Å²) < 4.78 is 29.2. The van der Waals surface area contributed by atoms with Crippen LogP contribution < -0.4 is 0 Å². The van der Waals surface area contributed by atoms with Crippen molar-refractivity contribution in [1.82, 2.24) is 19.0 Å².